The van der Waals surface area contributed by atoms with Gasteiger partial charge in [-0.05, 0) is 19.3 Å². The maximum Gasteiger partial charge on any atom is 0.134 e. The second-order valence-electron chi connectivity index (χ2n) is 5.28. The molecule has 0 aromatic carbocycles. The lowest BCUT2D eigenvalue weighted by Gasteiger charge is -2.48. The van der Waals surface area contributed by atoms with Crippen molar-refractivity contribution in [3.63, 3.8) is 0 Å². The standard InChI is InChI=1S/C12H21NO2/c1-8-3-4-11(15)5-12(8)13-6-10(7-13)9(2)14/h8-10,12,14H,3-7H2,1-2H3/t8?,9-,12?/m1/s1. The predicted molar refractivity (Wildman–Crippen MR) is 58.6 cm³/mol. The highest BCUT2D eigenvalue weighted by molar-refractivity contribution is 5.79. The van der Waals surface area contributed by atoms with E-state index in [1.807, 2.05) is 6.92 Å². The van der Waals surface area contributed by atoms with Crippen LogP contribution in [0.1, 0.15) is 33.1 Å². The number of nitrogens with zero attached hydrogens (tertiary/aromatic N) is 1. The maximum atomic E-state index is 11.4. The Morgan fingerprint density at radius 2 is 2.13 bits per heavy atom. The Morgan fingerprint density at radius 1 is 1.47 bits per heavy atom. The van der Waals surface area contributed by atoms with E-state index in [1.54, 1.807) is 0 Å². The van der Waals surface area contributed by atoms with Gasteiger partial charge in [0.25, 0.3) is 0 Å². The summed E-state index contributed by atoms with van der Waals surface area (Å²) in [6, 6.07) is 0.446. The molecular weight excluding hydrogens is 190 g/mol. The van der Waals surface area contributed by atoms with Gasteiger partial charge < -0.3 is 5.11 Å². The zero-order valence-electron chi connectivity index (χ0n) is 9.65. The fraction of sp³-hybridized carbons (Fsp3) is 0.917. The number of ketones is 1. The number of rotatable bonds is 2. The molecule has 1 aliphatic heterocycles. The SMILES string of the molecule is CC1CCC(=O)CC1N1CC([C@@H](C)O)C1. The molecule has 2 unspecified atom stereocenters. The summed E-state index contributed by atoms with van der Waals surface area (Å²) >= 11 is 0. The first-order valence-electron chi connectivity index (χ1n) is 6.01. The van der Waals surface area contributed by atoms with Crippen molar-refractivity contribution < 1.29 is 9.90 Å². The average molecular weight is 211 g/mol. The van der Waals surface area contributed by atoms with Gasteiger partial charge >= 0.3 is 0 Å². The molecule has 86 valence electrons. The molecule has 0 aromatic rings. The molecular formula is C12H21NO2. The lowest BCUT2D eigenvalue weighted by atomic mass is 9.80. The van der Waals surface area contributed by atoms with E-state index in [9.17, 15) is 9.90 Å². The van der Waals surface area contributed by atoms with Crippen molar-refractivity contribution in [1.29, 1.82) is 0 Å². The summed E-state index contributed by atoms with van der Waals surface area (Å²) < 4.78 is 0. The van der Waals surface area contributed by atoms with Gasteiger partial charge in [0.15, 0.2) is 0 Å². The minimum atomic E-state index is -0.198. The van der Waals surface area contributed by atoms with E-state index in [-0.39, 0.29) is 6.10 Å². The fourth-order valence-electron chi connectivity index (χ4n) is 2.73. The largest absolute Gasteiger partial charge is 0.393 e. The normalized spacial score (nSPS) is 36.3. The van der Waals surface area contributed by atoms with Gasteiger partial charge in [-0.2, -0.15) is 0 Å². The number of hydrogen-bond donors (Lipinski definition) is 1. The highest BCUT2D eigenvalue weighted by Crippen LogP contribution is 2.31. The van der Waals surface area contributed by atoms with Gasteiger partial charge in [0.2, 0.25) is 0 Å². The smallest absolute Gasteiger partial charge is 0.134 e. The fourth-order valence-corrected chi connectivity index (χ4v) is 2.73. The Kier molecular flexibility index (Phi) is 3.12. The van der Waals surface area contributed by atoms with Crippen LogP contribution >= 0.6 is 0 Å². The second-order valence-corrected chi connectivity index (χ2v) is 5.28. The number of Topliss-reactive ketones (excluding diaryl/α,β-unsaturated/α-hetero) is 1. The van der Waals surface area contributed by atoms with Crippen molar-refractivity contribution in [3.05, 3.63) is 0 Å². The first-order chi connectivity index (χ1) is 7.08. The number of aliphatic hydroxyl groups is 1. The van der Waals surface area contributed by atoms with E-state index in [2.05, 4.69) is 11.8 Å². The molecule has 2 rings (SSSR count). The summed E-state index contributed by atoms with van der Waals surface area (Å²) in [4.78, 5) is 13.8. The van der Waals surface area contributed by atoms with Crippen LogP contribution in [0.5, 0.6) is 0 Å². The molecule has 3 heteroatoms. The van der Waals surface area contributed by atoms with Crippen LogP contribution in [0, 0.1) is 11.8 Å². The topological polar surface area (TPSA) is 40.5 Å². The summed E-state index contributed by atoms with van der Waals surface area (Å²) in [6.45, 7) is 6.05. The molecule has 2 fully saturated rings. The Bertz CT molecular complexity index is 246. The third kappa shape index (κ3) is 2.23. The summed E-state index contributed by atoms with van der Waals surface area (Å²) in [5.74, 6) is 1.48. The van der Waals surface area contributed by atoms with Gasteiger partial charge in [-0.1, -0.05) is 6.92 Å². The molecule has 0 spiro atoms. The number of carbonyl (C=O) groups excluding carboxylic acids is 1. The van der Waals surface area contributed by atoms with Gasteiger partial charge in [-0.15, -0.1) is 0 Å². The maximum absolute atomic E-state index is 11.4. The van der Waals surface area contributed by atoms with Crippen LogP contribution in [0.15, 0.2) is 0 Å². The quantitative estimate of drug-likeness (QED) is 0.742. The molecule has 3 atom stereocenters. The van der Waals surface area contributed by atoms with Crippen molar-refractivity contribution in [1.82, 2.24) is 4.90 Å². The summed E-state index contributed by atoms with van der Waals surface area (Å²) in [7, 11) is 0. The monoisotopic (exact) mass is 211 g/mol. The van der Waals surface area contributed by atoms with Crippen molar-refractivity contribution in [3.8, 4) is 0 Å². The zero-order valence-corrected chi connectivity index (χ0v) is 9.65. The third-order valence-corrected chi connectivity index (χ3v) is 4.06. The molecule has 3 nitrogen and oxygen atoms in total. The second kappa shape index (κ2) is 4.22. The summed E-state index contributed by atoms with van der Waals surface area (Å²) in [6.07, 6.45) is 2.34. The van der Waals surface area contributed by atoms with E-state index in [1.165, 1.54) is 0 Å². The van der Waals surface area contributed by atoms with Crippen LogP contribution in [0.25, 0.3) is 0 Å². The Balaban J connectivity index is 1.86. The highest BCUT2D eigenvalue weighted by Gasteiger charge is 2.39. The van der Waals surface area contributed by atoms with Crippen molar-refractivity contribution >= 4 is 5.78 Å². The molecule has 1 saturated heterocycles. The minimum absolute atomic E-state index is 0.198. The van der Waals surface area contributed by atoms with E-state index in [4.69, 9.17) is 0 Å². The molecule has 15 heavy (non-hydrogen) atoms. The van der Waals surface area contributed by atoms with Crippen molar-refractivity contribution in [2.75, 3.05) is 13.1 Å². The lowest BCUT2D eigenvalue weighted by molar-refractivity contribution is -0.125. The number of carbonyl (C=O) groups is 1. The van der Waals surface area contributed by atoms with Gasteiger partial charge in [0.05, 0.1) is 6.10 Å². The summed E-state index contributed by atoms with van der Waals surface area (Å²) in [5, 5.41) is 9.41. The zero-order chi connectivity index (χ0) is 11.0. The van der Waals surface area contributed by atoms with Crippen LogP contribution in [-0.2, 0) is 4.79 Å². The molecule has 1 heterocycles. The van der Waals surface area contributed by atoms with Gasteiger partial charge in [-0.25, -0.2) is 0 Å². The first kappa shape index (κ1) is 11.1. The lowest BCUT2D eigenvalue weighted by Crippen LogP contribution is -2.58. The number of aliphatic hydroxyl groups excluding tert-OH is 1. The van der Waals surface area contributed by atoms with E-state index in [0.29, 0.717) is 23.7 Å². The predicted octanol–water partition coefficient (Wildman–Crippen LogP) is 1.06. The van der Waals surface area contributed by atoms with Crippen LogP contribution in [-0.4, -0.2) is 41.0 Å². The van der Waals surface area contributed by atoms with Gasteiger partial charge in [0, 0.05) is 37.9 Å². The molecule has 2 aliphatic rings. The van der Waals surface area contributed by atoms with Crippen molar-refractivity contribution in [2.24, 2.45) is 11.8 Å². The molecule has 0 radical (unpaired) electrons. The Labute approximate surface area is 91.5 Å². The van der Waals surface area contributed by atoms with Gasteiger partial charge in [0.1, 0.15) is 5.78 Å². The number of hydrogen-bond acceptors (Lipinski definition) is 3. The molecule has 1 saturated carbocycles. The van der Waals surface area contributed by atoms with Crippen LogP contribution in [0.3, 0.4) is 0 Å². The van der Waals surface area contributed by atoms with Crippen LogP contribution in [0.2, 0.25) is 0 Å². The average Bonchev–Trinajstić information content (AvgIpc) is 2.08. The molecule has 0 amide bonds. The minimum Gasteiger partial charge on any atom is -0.393 e. The third-order valence-electron chi connectivity index (χ3n) is 4.06. The number of likely N-dealkylation sites (tertiary alicyclic amines) is 1. The highest BCUT2D eigenvalue weighted by atomic mass is 16.3. The first-order valence-corrected chi connectivity index (χ1v) is 6.01. The van der Waals surface area contributed by atoms with Gasteiger partial charge in [-0.3, -0.25) is 9.69 Å². The Morgan fingerprint density at radius 3 is 2.73 bits per heavy atom. The molecule has 1 N–H and O–H groups in total. The molecule has 1 aliphatic carbocycles. The molecule has 0 aromatic heterocycles. The van der Waals surface area contributed by atoms with Crippen molar-refractivity contribution in [2.45, 2.75) is 45.3 Å². The van der Waals surface area contributed by atoms with E-state index in [0.717, 1.165) is 32.4 Å². The summed E-state index contributed by atoms with van der Waals surface area (Å²) in [5.41, 5.74) is 0. The van der Waals surface area contributed by atoms with Crippen LogP contribution < -0.4 is 0 Å². The molecule has 0 bridgehead atoms. The Hall–Kier alpha value is -0.410. The van der Waals surface area contributed by atoms with Crippen LogP contribution in [0.4, 0.5) is 0 Å². The van der Waals surface area contributed by atoms with E-state index < -0.39 is 0 Å². The van der Waals surface area contributed by atoms with E-state index >= 15 is 0 Å².